The maximum atomic E-state index is 13.0. The minimum atomic E-state index is -4.53. The van der Waals surface area contributed by atoms with Crippen LogP contribution in [0.2, 0.25) is 0 Å². The third kappa shape index (κ3) is 5.92. The van der Waals surface area contributed by atoms with Crippen LogP contribution in [0.5, 0.6) is 0 Å². The van der Waals surface area contributed by atoms with Crippen LogP contribution in [-0.4, -0.2) is 46.8 Å². The van der Waals surface area contributed by atoms with Crippen molar-refractivity contribution in [3.63, 3.8) is 0 Å². The van der Waals surface area contributed by atoms with Crippen LogP contribution in [0.4, 0.5) is 24.5 Å². The molecule has 33 heavy (non-hydrogen) atoms. The Bertz CT molecular complexity index is 1090. The quantitative estimate of drug-likeness (QED) is 0.640. The summed E-state index contributed by atoms with van der Waals surface area (Å²) in [5, 5.41) is 2.00. The molecule has 0 bridgehead atoms. The molecule has 0 aliphatic carbocycles. The number of nitrogens with zero attached hydrogens (tertiary/aromatic N) is 2. The van der Waals surface area contributed by atoms with Gasteiger partial charge in [0.05, 0.1) is 23.9 Å². The summed E-state index contributed by atoms with van der Waals surface area (Å²) in [6, 6.07) is 10.5. The summed E-state index contributed by atoms with van der Waals surface area (Å²) in [4.78, 5) is 42.4. The number of rotatable bonds is 5. The van der Waals surface area contributed by atoms with Crippen molar-refractivity contribution in [3.05, 3.63) is 59.7 Å². The molecule has 3 rings (SSSR count). The lowest BCUT2D eigenvalue weighted by Gasteiger charge is -2.31. The minimum absolute atomic E-state index is 0.0260. The maximum Gasteiger partial charge on any atom is 0.416 e. The summed E-state index contributed by atoms with van der Waals surface area (Å²) in [6.07, 6.45) is -4.62. The van der Waals surface area contributed by atoms with Gasteiger partial charge in [0, 0.05) is 18.7 Å². The summed E-state index contributed by atoms with van der Waals surface area (Å²) in [6.45, 7) is 1.97. The van der Waals surface area contributed by atoms with Gasteiger partial charge in [-0.2, -0.15) is 13.2 Å². The molecule has 1 fully saturated rings. The zero-order valence-corrected chi connectivity index (χ0v) is 18.5. The third-order valence-corrected chi connectivity index (χ3v) is 5.91. The molecule has 7 nitrogen and oxygen atoms in total. The van der Waals surface area contributed by atoms with Crippen molar-refractivity contribution in [2.24, 2.45) is 4.99 Å². The normalized spacial score (nSPS) is 17.7. The van der Waals surface area contributed by atoms with Crippen LogP contribution in [0.3, 0.4) is 0 Å². The van der Waals surface area contributed by atoms with Gasteiger partial charge in [-0.05, 0) is 49.4 Å². The highest BCUT2D eigenvalue weighted by Gasteiger charge is 2.35. The van der Waals surface area contributed by atoms with Crippen molar-refractivity contribution in [1.29, 1.82) is 0 Å². The van der Waals surface area contributed by atoms with E-state index in [0.717, 1.165) is 23.9 Å². The summed E-state index contributed by atoms with van der Waals surface area (Å²) in [5.41, 5.74) is -0.107. The molecule has 1 unspecified atom stereocenters. The molecule has 1 N–H and O–H groups in total. The van der Waals surface area contributed by atoms with Gasteiger partial charge in [0.25, 0.3) is 0 Å². The molecule has 2 aromatic rings. The molecule has 0 radical (unpaired) electrons. The van der Waals surface area contributed by atoms with Crippen LogP contribution >= 0.6 is 11.8 Å². The average Bonchev–Trinajstić information content (AvgIpc) is 2.78. The number of amides is 2. The zero-order chi connectivity index (χ0) is 24.2. The average molecular weight is 479 g/mol. The molecule has 1 aliphatic rings. The fourth-order valence-corrected chi connectivity index (χ4v) is 4.21. The van der Waals surface area contributed by atoms with Gasteiger partial charge in [-0.25, -0.2) is 9.79 Å². The lowest BCUT2D eigenvalue weighted by Crippen LogP contribution is -2.45. The third-order valence-electron chi connectivity index (χ3n) is 4.72. The van der Waals surface area contributed by atoms with Crippen molar-refractivity contribution in [2.45, 2.75) is 24.8 Å². The first-order valence-electron chi connectivity index (χ1n) is 9.84. The first kappa shape index (κ1) is 24.3. The molecular weight excluding hydrogens is 459 g/mol. The van der Waals surface area contributed by atoms with E-state index in [1.807, 2.05) is 0 Å². The van der Waals surface area contributed by atoms with E-state index in [-0.39, 0.29) is 29.7 Å². The van der Waals surface area contributed by atoms with Gasteiger partial charge in [0.2, 0.25) is 11.8 Å². The number of anilines is 1. The monoisotopic (exact) mass is 479 g/mol. The van der Waals surface area contributed by atoms with Gasteiger partial charge in [0.1, 0.15) is 5.25 Å². The summed E-state index contributed by atoms with van der Waals surface area (Å²) < 4.78 is 43.7. The largest absolute Gasteiger partial charge is 0.465 e. The Morgan fingerprint density at radius 3 is 2.52 bits per heavy atom. The second kappa shape index (κ2) is 10.1. The molecule has 2 amide bonds. The van der Waals surface area contributed by atoms with Gasteiger partial charge in [-0.3, -0.25) is 14.5 Å². The molecule has 174 valence electrons. The fourth-order valence-electron chi connectivity index (χ4n) is 3.05. The molecule has 2 aromatic carbocycles. The van der Waals surface area contributed by atoms with E-state index in [4.69, 9.17) is 0 Å². The smallest absolute Gasteiger partial charge is 0.416 e. The highest BCUT2D eigenvalue weighted by molar-refractivity contribution is 8.15. The van der Waals surface area contributed by atoms with Crippen LogP contribution in [-0.2, 0) is 20.5 Å². The standard InChI is InChI=1S/C22H20F3N3O4S/c1-3-28-18(29)12-17(19(30)26-15-9-7-13(8-10-15)20(31)32-2)33-21(28)27-16-6-4-5-14(11-16)22(23,24)25/h4-11,17H,3,12H2,1-2H3,(H,26,30). The lowest BCUT2D eigenvalue weighted by molar-refractivity contribution is -0.137. The van der Waals surface area contributed by atoms with Gasteiger partial charge in [0.15, 0.2) is 5.17 Å². The SMILES string of the molecule is CCN1C(=O)CC(C(=O)Nc2ccc(C(=O)OC)cc2)SC1=Nc1cccc(C(F)(F)F)c1. The molecular formula is C22H20F3N3O4S. The van der Waals surface area contributed by atoms with Crippen molar-refractivity contribution in [1.82, 2.24) is 4.90 Å². The second-order valence-electron chi connectivity index (χ2n) is 6.95. The van der Waals surface area contributed by atoms with E-state index in [1.54, 1.807) is 6.92 Å². The highest BCUT2D eigenvalue weighted by atomic mass is 32.2. The van der Waals surface area contributed by atoms with E-state index in [2.05, 4.69) is 15.0 Å². The molecule has 1 aliphatic heterocycles. The Kier molecular flexibility index (Phi) is 7.42. The maximum absolute atomic E-state index is 13.0. The van der Waals surface area contributed by atoms with Gasteiger partial charge in [-0.1, -0.05) is 17.8 Å². The second-order valence-corrected chi connectivity index (χ2v) is 8.12. The van der Waals surface area contributed by atoms with E-state index in [9.17, 15) is 27.6 Å². The number of alkyl halides is 3. The molecule has 0 spiro atoms. The van der Waals surface area contributed by atoms with E-state index >= 15 is 0 Å². The number of amidine groups is 1. The zero-order valence-electron chi connectivity index (χ0n) is 17.7. The first-order valence-corrected chi connectivity index (χ1v) is 10.7. The summed E-state index contributed by atoms with van der Waals surface area (Å²) in [5.74, 6) is -1.34. The number of nitrogens with one attached hydrogen (secondary N) is 1. The molecule has 1 atom stereocenters. The number of hydrogen-bond donors (Lipinski definition) is 1. The van der Waals surface area contributed by atoms with E-state index < -0.39 is 28.9 Å². The Hall–Kier alpha value is -3.34. The summed E-state index contributed by atoms with van der Waals surface area (Å²) in [7, 11) is 1.26. The number of methoxy groups -OCH3 is 1. The van der Waals surface area contributed by atoms with Crippen molar-refractivity contribution in [2.75, 3.05) is 19.0 Å². The Balaban J connectivity index is 1.80. The van der Waals surface area contributed by atoms with Crippen LogP contribution in [0.25, 0.3) is 0 Å². The van der Waals surface area contributed by atoms with E-state index in [1.165, 1.54) is 48.4 Å². The van der Waals surface area contributed by atoms with Crippen LogP contribution < -0.4 is 5.32 Å². The summed E-state index contributed by atoms with van der Waals surface area (Å²) >= 11 is 1.00. The first-order chi connectivity index (χ1) is 15.6. The number of aliphatic imine (C=N–C) groups is 1. The number of ether oxygens (including phenoxy) is 1. The number of carbonyl (C=O) groups excluding carboxylic acids is 3. The predicted octanol–water partition coefficient (Wildman–Crippen LogP) is 4.47. The Labute approximate surface area is 192 Å². The van der Waals surface area contributed by atoms with Crippen LogP contribution in [0.1, 0.15) is 29.3 Å². The number of thioether (sulfide) groups is 1. The molecule has 0 saturated carbocycles. The predicted molar refractivity (Wildman–Crippen MR) is 118 cm³/mol. The Morgan fingerprint density at radius 1 is 1.21 bits per heavy atom. The Morgan fingerprint density at radius 2 is 1.91 bits per heavy atom. The number of carbonyl (C=O) groups is 3. The van der Waals surface area contributed by atoms with Crippen LogP contribution in [0, 0.1) is 0 Å². The fraction of sp³-hybridized carbons (Fsp3) is 0.273. The van der Waals surface area contributed by atoms with Crippen LogP contribution in [0.15, 0.2) is 53.5 Å². The number of esters is 1. The van der Waals surface area contributed by atoms with Gasteiger partial charge in [-0.15, -0.1) is 0 Å². The van der Waals surface area contributed by atoms with Crippen molar-refractivity contribution < 1.29 is 32.3 Å². The molecule has 1 heterocycles. The lowest BCUT2D eigenvalue weighted by atomic mass is 10.2. The minimum Gasteiger partial charge on any atom is -0.465 e. The van der Waals surface area contributed by atoms with E-state index in [0.29, 0.717) is 11.3 Å². The van der Waals surface area contributed by atoms with Gasteiger partial charge >= 0.3 is 12.1 Å². The van der Waals surface area contributed by atoms with Crippen molar-refractivity contribution in [3.8, 4) is 0 Å². The number of hydrogen-bond acceptors (Lipinski definition) is 6. The molecule has 1 saturated heterocycles. The topological polar surface area (TPSA) is 88.1 Å². The molecule has 11 heteroatoms. The molecule has 0 aromatic heterocycles. The number of benzene rings is 2. The highest BCUT2D eigenvalue weighted by Crippen LogP contribution is 2.33. The number of halogens is 3. The van der Waals surface area contributed by atoms with Crippen molar-refractivity contribution >= 4 is 46.1 Å². The van der Waals surface area contributed by atoms with Gasteiger partial charge < -0.3 is 10.1 Å².